The molecular weight excluding hydrogens is 342 g/mol. The predicted molar refractivity (Wildman–Crippen MR) is 108 cm³/mol. The van der Waals surface area contributed by atoms with Gasteiger partial charge in [0.05, 0.1) is 19.9 Å². The molecule has 140 valence electrons. The zero-order chi connectivity index (χ0) is 19.2. The quantitative estimate of drug-likeness (QED) is 0.587. The van der Waals surface area contributed by atoms with Gasteiger partial charge in [-0.2, -0.15) is 0 Å². The average molecular weight is 365 g/mol. The van der Waals surface area contributed by atoms with Crippen LogP contribution in [0.25, 0.3) is 0 Å². The summed E-state index contributed by atoms with van der Waals surface area (Å²) in [5, 5.41) is 6.45. The molecule has 7 nitrogen and oxygen atoms in total. The van der Waals surface area contributed by atoms with Gasteiger partial charge in [-0.15, -0.1) is 0 Å². The Bertz CT molecular complexity index is 913. The van der Waals surface area contributed by atoms with Crippen molar-refractivity contribution in [2.45, 2.75) is 13.5 Å². The third kappa shape index (κ3) is 4.38. The monoisotopic (exact) mass is 365 g/mol. The van der Waals surface area contributed by atoms with Gasteiger partial charge < -0.3 is 25.8 Å². The summed E-state index contributed by atoms with van der Waals surface area (Å²) in [4.78, 5) is 8.49. The zero-order valence-corrected chi connectivity index (χ0v) is 15.6. The first kappa shape index (κ1) is 18.3. The van der Waals surface area contributed by atoms with Gasteiger partial charge in [0.15, 0.2) is 11.6 Å². The van der Waals surface area contributed by atoms with Crippen LogP contribution in [0.2, 0.25) is 0 Å². The van der Waals surface area contributed by atoms with E-state index in [2.05, 4.69) is 51.8 Å². The van der Waals surface area contributed by atoms with E-state index in [1.54, 1.807) is 14.2 Å². The number of methoxy groups -OCH3 is 2. The molecule has 0 fully saturated rings. The highest BCUT2D eigenvalue weighted by molar-refractivity contribution is 5.79. The normalized spacial score (nSPS) is 10.3. The van der Waals surface area contributed by atoms with E-state index >= 15 is 0 Å². The number of nitrogens with one attached hydrogen (secondary N) is 2. The lowest BCUT2D eigenvalue weighted by atomic mass is 10.1. The highest BCUT2D eigenvalue weighted by Gasteiger charge is 2.12. The molecule has 7 heteroatoms. The van der Waals surface area contributed by atoms with E-state index in [1.807, 2.05) is 18.2 Å². The Morgan fingerprint density at radius 2 is 1.70 bits per heavy atom. The molecule has 0 amide bonds. The molecule has 0 aliphatic rings. The molecule has 0 saturated carbocycles. The van der Waals surface area contributed by atoms with Crippen molar-refractivity contribution in [3.63, 3.8) is 0 Å². The second-order valence-electron chi connectivity index (χ2n) is 6.01. The van der Waals surface area contributed by atoms with Crippen molar-refractivity contribution in [3.8, 4) is 11.5 Å². The maximum atomic E-state index is 6.26. The molecule has 0 aliphatic carbocycles. The van der Waals surface area contributed by atoms with E-state index < -0.39 is 0 Å². The molecule has 3 aromatic rings. The number of benzene rings is 2. The van der Waals surface area contributed by atoms with Crippen molar-refractivity contribution in [2.24, 2.45) is 0 Å². The van der Waals surface area contributed by atoms with E-state index in [9.17, 15) is 0 Å². The van der Waals surface area contributed by atoms with Gasteiger partial charge in [-0.25, -0.2) is 9.97 Å². The van der Waals surface area contributed by atoms with Crippen molar-refractivity contribution < 1.29 is 9.47 Å². The summed E-state index contributed by atoms with van der Waals surface area (Å²) in [5.41, 5.74) is 9.75. The fraction of sp³-hybridized carbons (Fsp3) is 0.200. The van der Waals surface area contributed by atoms with E-state index in [-0.39, 0.29) is 0 Å². The van der Waals surface area contributed by atoms with Crippen molar-refractivity contribution in [3.05, 3.63) is 59.9 Å². The Morgan fingerprint density at radius 3 is 2.41 bits per heavy atom. The molecule has 2 aromatic carbocycles. The standard InChI is InChI=1S/C20H23N5O2/c1-13-4-6-14(7-5-13)11-22-19-18(21)20(24-12-23-19)25-16-10-15(26-2)8-9-17(16)27-3/h4-10,12H,11,21H2,1-3H3,(H2,22,23,24,25). The summed E-state index contributed by atoms with van der Waals surface area (Å²) in [6, 6.07) is 13.7. The SMILES string of the molecule is COc1ccc(OC)c(Nc2ncnc(NCc3ccc(C)cc3)c2N)c1. The maximum Gasteiger partial charge on any atom is 0.159 e. The Balaban J connectivity index is 1.79. The van der Waals surface area contributed by atoms with Gasteiger partial charge in [-0.05, 0) is 24.6 Å². The molecular formula is C20H23N5O2. The molecule has 1 aromatic heterocycles. The van der Waals surface area contributed by atoms with Gasteiger partial charge >= 0.3 is 0 Å². The lowest BCUT2D eigenvalue weighted by molar-refractivity contribution is 0.405. The number of anilines is 4. The lowest BCUT2D eigenvalue weighted by Gasteiger charge is -2.15. The van der Waals surface area contributed by atoms with E-state index in [1.165, 1.54) is 11.9 Å². The van der Waals surface area contributed by atoms with E-state index in [0.29, 0.717) is 41.1 Å². The number of nitrogen functional groups attached to an aromatic ring is 1. The fourth-order valence-electron chi connectivity index (χ4n) is 2.57. The van der Waals surface area contributed by atoms with Crippen LogP contribution in [0.15, 0.2) is 48.8 Å². The van der Waals surface area contributed by atoms with E-state index in [4.69, 9.17) is 15.2 Å². The Labute approximate surface area is 158 Å². The second-order valence-corrected chi connectivity index (χ2v) is 6.01. The first-order valence-electron chi connectivity index (χ1n) is 8.49. The molecule has 3 rings (SSSR count). The van der Waals surface area contributed by atoms with Crippen molar-refractivity contribution in [2.75, 3.05) is 30.6 Å². The zero-order valence-electron chi connectivity index (χ0n) is 15.6. The Hall–Kier alpha value is -3.48. The molecule has 0 saturated heterocycles. The Kier molecular flexibility index (Phi) is 5.61. The number of aromatic nitrogens is 2. The molecule has 0 aliphatic heterocycles. The van der Waals surface area contributed by atoms with Crippen LogP contribution in [-0.2, 0) is 6.54 Å². The van der Waals surface area contributed by atoms with Gasteiger partial charge in [0.25, 0.3) is 0 Å². The van der Waals surface area contributed by atoms with Crippen LogP contribution >= 0.6 is 0 Å². The summed E-state index contributed by atoms with van der Waals surface area (Å²) in [5.74, 6) is 2.41. The second kappa shape index (κ2) is 8.27. The third-order valence-electron chi connectivity index (χ3n) is 4.12. The molecule has 0 atom stereocenters. The molecule has 0 spiro atoms. The maximum absolute atomic E-state index is 6.26. The number of ether oxygens (including phenoxy) is 2. The molecule has 4 N–H and O–H groups in total. The van der Waals surface area contributed by atoms with Gasteiger partial charge in [0, 0.05) is 12.6 Å². The summed E-state index contributed by atoms with van der Waals surface area (Å²) in [6.07, 6.45) is 1.46. The third-order valence-corrected chi connectivity index (χ3v) is 4.12. The minimum Gasteiger partial charge on any atom is -0.497 e. The van der Waals surface area contributed by atoms with Crippen molar-refractivity contribution >= 4 is 23.0 Å². The smallest absolute Gasteiger partial charge is 0.159 e. The van der Waals surface area contributed by atoms with Crippen LogP contribution in [0.3, 0.4) is 0 Å². The summed E-state index contributed by atoms with van der Waals surface area (Å²) in [7, 11) is 3.21. The van der Waals surface area contributed by atoms with Crippen LogP contribution in [0.1, 0.15) is 11.1 Å². The molecule has 0 unspecified atom stereocenters. The van der Waals surface area contributed by atoms with Crippen LogP contribution in [0, 0.1) is 6.92 Å². The first-order valence-corrected chi connectivity index (χ1v) is 8.49. The summed E-state index contributed by atoms with van der Waals surface area (Å²) < 4.78 is 10.7. The molecule has 0 bridgehead atoms. The van der Waals surface area contributed by atoms with Crippen LogP contribution < -0.4 is 25.8 Å². The highest BCUT2D eigenvalue weighted by atomic mass is 16.5. The van der Waals surface area contributed by atoms with Crippen LogP contribution in [-0.4, -0.2) is 24.2 Å². The highest BCUT2D eigenvalue weighted by Crippen LogP contribution is 2.33. The topological polar surface area (TPSA) is 94.3 Å². The first-order chi connectivity index (χ1) is 13.1. The lowest BCUT2D eigenvalue weighted by Crippen LogP contribution is -2.08. The van der Waals surface area contributed by atoms with Crippen molar-refractivity contribution in [1.29, 1.82) is 0 Å². The molecule has 0 radical (unpaired) electrons. The summed E-state index contributed by atoms with van der Waals surface area (Å²) in [6.45, 7) is 2.67. The molecule has 1 heterocycles. The van der Waals surface area contributed by atoms with Crippen molar-refractivity contribution in [1.82, 2.24) is 9.97 Å². The minimum absolute atomic E-state index is 0.425. The number of hydrogen-bond acceptors (Lipinski definition) is 7. The number of nitrogens with two attached hydrogens (primary N) is 1. The van der Waals surface area contributed by atoms with Gasteiger partial charge in [0.1, 0.15) is 23.5 Å². The number of hydrogen-bond donors (Lipinski definition) is 3. The number of rotatable bonds is 7. The minimum atomic E-state index is 0.425. The predicted octanol–water partition coefficient (Wildman–Crippen LogP) is 3.74. The Morgan fingerprint density at radius 1 is 0.963 bits per heavy atom. The fourth-order valence-corrected chi connectivity index (χ4v) is 2.57. The van der Waals surface area contributed by atoms with Gasteiger partial charge in [-0.3, -0.25) is 0 Å². The van der Waals surface area contributed by atoms with Crippen LogP contribution in [0.4, 0.5) is 23.0 Å². The van der Waals surface area contributed by atoms with E-state index in [0.717, 1.165) is 5.56 Å². The van der Waals surface area contributed by atoms with Gasteiger partial charge in [0.2, 0.25) is 0 Å². The molecule has 27 heavy (non-hydrogen) atoms. The average Bonchev–Trinajstić information content (AvgIpc) is 2.69. The number of nitrogens with zero attached hydrogens (tertiary/aromatic N) is 2. The van der Waals surface area contributed by atoms with Gasteiger partial charge in [-0.1, -0.05) is 29.8 Å². The van der Waals surface area contributed by atoms with Crippen LogP contribution in [0.5, 0.6) is 11.5 Å². The number of aryl methyl sites for hydroxylation is 1. The summed E-state index contributed by atoms with van der Waals surface area (Å²) >= 11 is 0. The largest absolute Gasteiger partial charge is 0.497 e.